The number of carbonyl (C=O) groups is 2. The minimum Gasteiger partial charge on any atom is -0.335 e. The number of anilines is 2. The molecule has 2 rings (SSSR count). The predicted octanol–water partition coefficient (Wildman–Crippen LogP) is 4.65. The molecular formula is C19H28FN3O2. The Balaban J connectivity index is 1.96. The molecule has 1 atom stereocenters. The van der Waals surface area contributed by atoms with Gasteiger partial charge in [0.15, 0.2) is 0 Å². The second-order valence-electron chi connectivity index (χ2n) is 6.81. The molecule has 25 heavy (non-hydrogen) atoms. The first-order chi connectivity index (χ1) is 12.0. The molecule has 1 saturated carbocycles. The van der Waals surface area contributed by atoms with Gasteiger partial charge in [-0.15, -0.1) is 0 Å². The van der Waals surface area contributed by atoms with Crippen molar-refractivity contribution in [3.8, 4) is 0 Å². The van der Waals surface area contributed by atoms with E-state index in [9.17, 15) is 14.0 Å². The van der Waals surface area contributed by atoms with Crippen molar-refractivity contribution < 1.29 is 14.0 Å². The van der Waals surface area contributed by atoms with Crippen LogP contribution in [0.5, 0.6) is 0 Å². The highest BCUT2D eigenvalue weighted by Gasteiger charge is 2.22. The molecule has 3 N–H and O–H groups in total. The molecule has 138 valence electrons. The van der Waals surface area contributed by atoms with E-state index in [2.05, 4.69) is 22.9 Å². The van der Waals surface area contributed by atoms with Gasteiger partial charge < -0.3 is 16.0 Å². The van der Waals surface area contributed by atoms with Crippen molar-refractivity contribution in [2.24, 2.45) is 5.92 Å². The van der Waals surface area contributed by atoms with Crippen molar-refractivity contribution in [2.75, 3.05) is 10.6 Å². The minimum absolute atomic E-state index is 0.0528. The van der Waals surface area contributed by atoms with E-state index in [1.54, 1.807) is 0 Å². The largest absolute Gasteiger partial charge is 0.335 e. The van der Waals surface area contributed by atoms with Gasteiger partial charge in [0.2, 0.25) is 5.91 Å². The maximum Gasteiger partial charge on any atom is 0.319 e. The number of halogens is 1. The molecule has 0 aromatic heterocycles. The number of rotatable bonds is 6. The highest BCUT2D eigenvalue weighted by atomic mass is 19.1. The molecule has 0 bridgehead atoms. The van der Waals surface area contributed by atoms with Crippen LogP contribution in [0.4, 0.5) is 20.6 Å². The molecule has 1 aliphatic rings. The number of amides is 3. The molecule has 1 aromatic carbocycles. The van der Waals surface area contributed by atoms with Crippen molar-refractivity contribution in [1.29, 1.82) is 0 Å². The molecule has 1 fully saturated rings. The summed E-state index contributed by atoms with van der Waals surface area (Å²) in [6, 6.07) is 3.92. The Hall–Kier alpha value is -2.11. The third kappa shape index (κ3) is 6.03. The van der Waals surface area contributed by atoms with Crippen molar-refractivity contribution in [2.45, 2.75) is 64.8 Å². The number of nitrogens with one attached hydrogen (secondary N) is 3. The summed E-state index contributed by atoms with van der Waals surface area (Å²) >= 11 is 0. The van der Waals surface area contributed by atoms with Crippen LogP contribution in [-0.4, -0.2) is 18.0 Å². The summed E-state index contributed by atoms with van der Waals surface area (Å²) in [5.41, 5.74) is 0.552. The lowest BCUT2D eigenvalue weighted by Gasteiger charge is -2.21. The Bertz CT molecular complexity index is 600. The van der Waals surface area contributed by atoms with E-state index in [0.29, 0.717) is 5.69 Å². The van der Waals surface area contributed by atoms with Crippen molar-refractivity contribution in [1.82, 2.24) is 5.32 Å². The second-order valence-corrected chi connectivity index (χ2v) is 6.81. The summed E-state index contributed by atoms with van der Waals surface area (Å²) in [5.74, 6) is -0.700. The lowest BCUT2D eigenvalue weighted by atomic mass is 9.88. The van der Waals surface area contributed by atoms with E-state index in [4.69, 9.17) is 0 Å². The van der Waals surface area contributed by atoms with Gasteiger partial charge >= 0.3 is 6.03 Å². The van der Waals surface area contributed by atoms with Gasteiger partial charge in [-0.25, -0.2) is 9.18 Å². The van der Waals surface area contributed by atoms with Crippen LogP contribution in [0, 0.1) is 11.7 Å². The molecule has 3 amide bonds. The van der Waals surface area contributed by atoms with Crippen LogP contribution < -0.4 is 16.0 Å². The normalized spacial score (nSPS) is 16.1. The fraction of sp³-hybridized carbons (Fsp3) is 0.579. The van der Waals surface area contributed by atoms with E-state index in [1.807, 2.05) is 6.92 Å². The van der Waals surface area contributed by atoms with E-state index in [1.165, 1.54) is 18.2 Å². The Morgan fingerprint density at radius 2 is 1.92 bits per heavy atom. The molecule has 0 unspecified atom stereocenters. The van der Waals surface area contributed by atoms with E-state index >= 15 is 0 Å². The van der Waals surface area contributed by atoms with Gasteiger partial charge in [0, 0.05) is 17.6 Å². The Kier molecular flexibility index (Phi) is 7.22. The molecule has 0 saturated heterocycles. The number of hydrogen-bond acceptors (Lipinski definition) is 2. The number of urea groups is 1. The van der Waals surface area contributed by atoms with Crippen LogP contribution in [-0.2, 0) is 4.79 Å². The van der Waals surface area contributed by atoms with Gasteiger partial charge in [0.25, 0.3) is 0 Å². The zero-order valence-corrected chi connectivity index (χ0v) is 15.0. The number of carbonyl (C=O) groups excluding carboxylic acids is 2. The van der Waals surface area contributed by atoms with Gasteiger partial charge in [0.1, 0.15) is 5.82 Å². The van der Waals surface area contributed by atoms with E-state index in [-0.39, 0.29) is 29.6 Å². The lowest BCUT2D eigenvalue weighted by molar-refractivity contribution is -0.120. The average Bonchev–Trinajstić information content (AvgIpc) is 2.58. The van der Waals surface area contributed by atoms with Gasteiger partial charge in [-0.2, -0.15) is 0 Å². The molecule has 0 radical (unpaired) electrons. The Labute approximate surface area is 148 Å². The number of hydrogen-bond donors (Lipinski definition) is 3. The predicted molar refractivity (Wildman–Crippen MR) is 98.1 cm³/mol. The molecule has 0 aliphatic heterocycles. The summed E-state index contributed by atoms with van der Waals surface area (Å²) in [4.78, 5) is 24.3. The third-order valence-electron chi connectivity index (χ3n) is 4.56. The third-order valence-corrected chi connectivity index (χ3v) is 4.56. The fourth-order valence-electron chi connectivity index (χ4n) is 3.19. The number of benzene rings is 1. The van der Waals surface area contributed by atoms with Crippen molar-refractivity contribution in [3.05, 3.63) is 24.0 Å². The van der Waals surface area contributed by atoms with Crippen LogP contribution in [0.15, 0.2) is 18.2 Å². The summed E-state index contributed by atoms with van der Waals surface area (Å²) in [7, 11) is 0. The van der Waals surface area contributed by atoms with E-state index in [0.717, 1.165) is 44.9 Å². The van der Waals surface area contributed by atoms with Crippen LogP contribution in [0.1, 0.15) is 58.8 Å². The maximum atomic E-state index is 14.0. The van der Waals surface area contributed by atoms with Crippen LogP contribution in [0.2, 0.25) is 0 Å². The molecule has 5 nitrogen and oxygen atoms in total. The zero-order valence-electron chi connectivity index (χ0n) is 15.0. The maximum absolute atomic E-state index is 14.0. The quantitative estimate of drug-likeness (QED) is 0.699. The fourth-order valence-corrected chi connectivity index (χ4v) is 3.19. The first kappa shape index (κ1) is 19.2. The molecule has 0 heterocycles. The second kappa shape index (κ2) is 9.39. The van der Waals surface area contributed by atoms with Crippen molar-refractivity contribution >= 4 is 23.3 Å². The Morgan fingerprint density at radius 1 is 1.20 bits per heavy atom. The first-order valence-corrected chi connectivity index (χ1v) is 9.17. The summed E-state index contributed by atoms with van der Waals surface area (Å²) in [6.45, 7) is 3.99. The van der Waals surface area contributed by atoms with Gasteiger partial charge in [-0.3, -0.25) is 4.79 Å². The van der Waals surface area contributed by atoms with Crippen LogP contribution >= 0.6 is 0 Å². The molecule has 0 spiro atoms. The van der Waals surface area contributed by atoms with Crippen LogP contribution in [0.25, 0.3) is 0 Å². The monoisotopic (exact) mass is 349 g/mol. The SMILES string of the molecule is CCC[C@H](C)NC(=O)Nc1ccc(F)c(NC(=O)C2CCCCC2)c1. The smallest absolute Gasteiger partial charge is 0.319 e. The summed E-state index contributed by atoms with van der Waals surface area (Å²) in [5, 5.41) is 8.18. The highest BCUT2D eigenvalue weighted by molar-refractivity contribution is 5.94. The van der Waals surface area contributed by atoms with E-state index < -0.39 is 5.82 Å². The topological polar surface area (TPSA) is 70.2 Å². The first-order valence-electron chi connectivity index (χ1n) is 9.17. The van der Waals surface area contributed by atoms with Gasteiger partial charge in [-0.1, -0.05) is 32.6 Å². The zero-order chi connectivity index (χ0) is 18.2. The van der Waals surface area contributed by atoms with Crippen molar-refractivity contribution in [3.63, 3.8) is 0 Å². The molecule has 1 aliphatic carbocycles. The van der Waals surface area contributed by atoms with Gasteiger partial charge in [-0.05, 0) is 44.4 Å². The highest BCUT2D eigenvalue weighted by Crippen LogP contribution is 2.26. The van der Waals surface area contributed by atoms with Gasteiger partial charge in [0.05, 0.1) is 5.69 Å². The molecular weight excluding hydrogens is 321 g/mol. The minimum atomic E-state index is -0.505. The molecule has 1 aromatic rings. The standard InChI is InChI=1S/C19H28FN3O2/c1-3-7-13(2)21-19(25)22-15-10-11-16(20)17(12-15)23-18(24)14-8-5-4-6-9-14/h10-14H,3-9H2,1-2H3,(H,23,24)(H2,21,22,25)/t13-/m0/s1. The Morgan fingerprint density at radius 3 is 2.60 bits per heavy atom. The van der Waals surface area contributed by atoms with Crippen LogP contribution in [0.3, 0.4) is 0 Å². The average molecular weight is 349 g/mol. The molecule has 6 heteroatoms. The lowest BCUT2D eigenvalue weighted by Crippen LogP contribution is -2.36. The summed E-state index contributed by atoms with van der Waals surface area (Å²) < 4.78 is 14.0. The summed E-state index contributed by atoms with van der Waals surface area (Å²) in [6.07, 6.45) is 6.81.